The lowest BCUT2D eigenvalue weighted by atomic mass is 10.2. The Morgan fingerprint density at radius 1 is 1.32 bits per heavy atom. The second kappa shape index (κ2) is 6.17. The van der Waals surface area contributed by atoms with Crippen LogP contribution in [0.4, 0.5) is 11.6 Å². The second-order valence-electron chi connectivity index (χ2n) is 4.54. The maximum absolute atomic E-state index is 5.77. The van der Waals surface area contributed by atoms with Gasteiger partial charge in [0, 0.05) is 32.3 Å². The van der Waals surface area contributed by atoms with Gasteiger partial charge in [-0.05, 0) is 18.4 Å². The number of nitrogens with two attached hydrogens (primary N) is 1. The highest BCUT2D eigenvalue weighted by molar-refractivity contribution is 5.44. The Bertz CT molecular complexity index is 534. The molecule has 6 nitrogen and oxygen atoms in total. The Morgan fingerprint density at radius 2 is 2.16 bits per heavy atom. The molecule has 0 amide bonds. The molecule has 2 heterocycles. The van der Waals surface area contributed by atoms with Crippen molar-refractivity contribution in [2.24, 2.45) is 7.05 Å². The summed E-state index contributed by atoms with van der Waals surface area (Å²) < 4.78 is 1.80. The molecular weight excluding hydrogens is 240 g/mol. The van der Waals surface area contributed by atoms with Crippen LogP contribution in [0, 0.1) is 0 Å². The van der Waals surface area contributed by atoms with Gasteiger partial charge in [-0.2, -0.15) is 5.10 Å². The minimum Gasteiger partial charge on any atom is -0.384 e. The van der Waals surface area contributed by atoms with Crippen molar-refractivity contribution in [1.29, 1.82) is 0 Å². The molecule has 2 rings (SSSR count). The molecule has 0 aliphatic carbocycles. The molecule has 6 heteroatoms. The third-order valence-corrected chi connectivity index (χ3v) is 2.74. The second-order valence-corrected chi connectivity index (χ2v) is 4.54. The third kappa shape index (κ3) is 3.94. The minimum absolute atomic E-state index is 0.516. The first-order valence-electron chi connectivity index (χ1n) is 6.52. The molecule has 19 heavy (non-hydrogen) atoms. The van der Waals surface area contributed by atoms with Crippen molar-refractivity contribution in [1.82, 2.24) is 19.7 Å². The summed E-state index contributed by atoms with van der Waals surface area (Å²) in [5.74, 6) is 2.11. The van der Waals surface area contributed by atoms with Gasteiger partial charge in [-0.3, -0.25) is 4.68 Å². The number of rotatable bonds is 6. The first kappa shape index (κ1) is 13.3. The molecule has 2 aromatic heterocycles. The molecular formula is C13H20N6. The average Bonchev–Trinajstić information content (AvgIpc) is 2.75. The molecule has 0 aromatic carbocycles. The largest absolute Gasteiger partial charge is 0.384 e. The number of hydrogen-bond acceptors (Lipinski definition) is 5. The molecule has 0 radical (unpaired) electrons. The van der Waals surface area contributed by atoms with Crippen LogP contribution >= 0.6 is 0 Å². The van der Waals surface area contributed by atoms with Crippen molar-refractivity contribution in [3.63, 3.8) is 0 Å². The van der Waals surface area contributed by atoms with Crippen molar-refractivity contribution < 1.29 is 0 Å². The van der Waals surface area contributed by atoms with Gasteiger partial charge in [0.2, 0.25) is 0 Å². The predicted molar refractivity (Wildman–Crippen MR) is 75.8 cm³/mol. The third-order valence-electron chi connectivity index (χ3n) is 2.74. The Kier molecular flexibility index (Phi) is 4.33. The van der Waals surface area contributed by atoms with Crippen LogP contribution in [0.15, 0.2) is 18.5 Å². The SMILES string of the molecule is CCCc1nc(N)cc(NCCc2cnn(C)c2)n1. The molecule has 0 saturated carbocycles. The van der Waals surface area contributed by atoms with Crippen LogP contribution < -0.4 is 11.1 Å². The Labute approximate surface area is 113 Å². The highest BCUT2D eigenvalue weighted by atomic mass is 15.2. The van der Waals surface area contributed by atoms with Crippen molar-refractivity contribution in [2.75, 3.05) is 17.6 Å². The van der Waals surface area contributed by atoms with E-state index in [9.17, 15) is 0 Å². The van der Waals surface area contributed by atoms with E-state index in [4.69, 9.17) is 5.73 Å². The van der Waals surface area contributed by atoms with E-state index < -0.39 is 0 Å². The van der Waals surface area contributed by atoms with Gasteiger partial charge in [0.25, 0.3) is 0 Å². The van der Waals surface area contributed by atoms with E-state index in [1.54, 1.807) is 10.7 Å². The zero-order valence-corrected chi connectivity index (χ0v) is 11.4. The molecule has 0 saturated heterocycles. The van der Waals surface area contributed by atoms with E-state index in [2.05, 4.69) is 27.3 Å². The number of nitrogens with one attached hydrogen (secondary N) is 1. The van der Waals surface area contributed by atoms with Gasteiger partial charge in [-0.25, -0.2) is 9.97 Å². The first-order valence-corrected chi connectivity index (χ1v) is 6.52. The van der Waals surface area contributed by atoms with Crippen molar-refractivity contribution in [2.45, 2.75) is 26.2 Å². The zero-order chi connectivity index (χ0) is 13.7. The summed E-state index contributed by atoms with van der Waals surface area (Å²) in [6, 6.07) is 1.77. The highest BCUT2D eigenvalue weighted by Crippen LogP contribution is 2.10. The van der Waals surface area contributed by atoms with Crippen LogP contribution in [0.1, 0.15) is 24.7 Å². The zero-order valence-electron chi connectivity index (χ0n) is 11.4. The standard InChI is InChI=1S/C13H20N6/c1-3-4-12-17-11(14)7-13(18-12)15-6-5-10-8-16-19(2)9-10/h7-9H,3-6H2,1-2H3,(H3,14,15,17,18). The summed E-state index contributed by atoms with van der Waals surface area (Å²) in [7, 11) is 1.92. The van der Waals surface area contributed by atoms with Gasteiger partial charge < -0.3 is 11.1 Å². The lowest BCUT2D eigenvalue weighted by Gasteiger charge is -2.07. The van der Waals surface area contributed by atoms with Crippen LogP contribution in [0.2, 0.25) is 0 Å². The number of nitrogens with zero attached hydrogens (tertiary/aromatic N) is 4. The first-order chi connectivity index (χ1) is 9.17. The van der Waals surface area contributed by atoms with Crippen LogP contribution in [-0.2, 0) is 19.9 Å². The molecule has 3 N–H and O–H groups in total. The van der Waals surface area contributed by atoms with E-state index >= 15 is 0 Å². The molecule has 0 bridgehead atoms. The van der Waals surface area contributed by atoms with Gasteiger partial charge in [-0.15, -0.1) is 0 Å². The Hall–Kier alpha value is -2.11. The van der Waals surface area contributed by atoms with E-state index in [1.165, 1.54) is 5.56 Å². The summed E-state index contributed by atoms with van der Waals surface area (Å²) in [6.07, 6.45) is 6.65. The van der Waals surface area contributed by atoms with Crippen LogP contribution in [0.5, 0.6) is 0 Å². The quantitative estimate of drug-likeness (QED) is 0.820. The van der Waals surface area contributed by atoms with Gasteiger partial charge in [0.1, 0.15) is 17.5 Å². The van der Waals surface area contributed by atoms with Gasteiger partial charge in [0.15, 0.2) is 0 Å². The normalized spacial score (nSPS) is 10.6. The van der Waals surface area contributed by atoms with Crippen molar-refractivity contribution in [3.05, 3.63) is 29.8 Å². The Balaban J connectivity index is 1.91. The van der Waals surface area contributed by atoms with Crippen LogP contribution in [0.3, 0.4) is 0 Å². The van der Waals surface area contributed by atoms with E-state index in [0.29, 0.717) is 5.82 Å². The highest BCUT2D eigenvalue weighted by Gasteiger charge is 2.02. The van der Waals surface area contributed by atoms with E-state index in [0.717, 1.165) is 37.4 Å². The molecule has 0 aliphatic rings. The predicted octanol–water partition coefficient (Wildman–Crippen LogP) is 1.40. The minimum atomic E-state index is 0.516. The number of aryl methyl sites for hydroxylation is 2. The van der Waals surface area contributed by atoms with Gasteiger partial charge >= 0.3 is 0 Å². The fourth-order valence-corrected chi connectivity index (χ4v) is 1.88. The van der Waals surface area contributed by atoms with Crippen molar-refractivity contribution in [3.8, 4) is 0 Å². The van der Waals surface area contributed by atoms with Crippen molar-refractivity contribution >= 4 is 11.6 Å². The van der Waals surface area contributed by atoms with Gasteiger partial charge in [0.05, 0.1) is 6.20 Å². The monoisotopic (exact) mass is 260 g/mol. The van der Waals surface area contributed by atoms with Crippen LogP contribution in [0.25, 0.3) is 0 Å². The number of aromatic nitrogens is 4. The smallest absolute Gasteiger partial charge is 0.133 e. The Morgan fingerprint density at radius 3 is 2.84 bits per heavy atom. The lowest BCUT2D eigenvalue weighted by Crippen LogP contribution is -2.09. The molecule has 2 aromatic rings. The maximum Gasteiger partial charge on any atom is 0.133 e. The van der Waals surface area contributed by atoms with E-state index in [-0.39, 0.29) is 0 Å². The summed E-state index contributed by atoms with van der Waals surface area (Å²) in [4.78, 5) is 8.64. The van der Waals surface area contributed by atoms with Crippen LogP contribution in [-0.4, -0.2) is 26.3 Å². The fourth-order valence-electron chi connectivity index (χ4n) is 1.88. The summed E-state index contributed by atoms with van der Waals surface area (Å²) >= 11 is 0. The number of nitrogen functional groups attached to an aromatic ring is 1. The van der Waals surface area contributed by atoms with Gasteiger partial charge in [-0.1, -0.05) is 6.92 Å². The maximum atomic E-state index is 5.77. The summed E-state index contributed by atoms with van der Waals surface area (Å²) in [5, 5.41) is 7.41. The molecule has 0 atom stereocenters. The molecule has 0 spiro atoms. The lowest BCUT2D eigenvalue weighted by molar-refractivity contribution is 0.766. The number of anilines is 2. The van der Waals surface area contributed by atoms with E-state index in [1.807, 2.05) is 19.4 Å². The fraction of sp³-hybridized carbons (Fsp3) is 0.462. The molecule has 0 aliphatic heterocycles. The summed E-state index contributed by atoms with van der Waals surface area (Å²) in [6.45, 7) is 2.90. The molecule has 0 unspecified atom stereocenters. The summed E-state index contributed by atoms with van der Waals surface area (Å²) in [5.41, 5.74) is 6.97. The molecule has 0 fully saturated rings. The average molecular weight is 260 g/mol. The topological polar surface area (TPSA) is 81.6 Å². The number of hydrogen-bond donors (Lipinski definition) is 2. The molecule has 102 valence electrons.